The van der Waals surface area contributed by atoms with Crippen LogP contribution in [-0.2, 0) is 4.74 Å². The quantitative estimate of drug-likeness (QED) is 0.431. The minimum atomic E-state index is -0.507. The van der Waals surface area contributed by atoms with E-state index in [0.717, 1.165) is 6.42 Å². The molecule has 0 spiro atoms. The highest BCUT2D eigenvalue weighted by Gasteiger charge is 2.32. The fourth-order valence-electron chi connectivity index (χ4n) is 1.95. The lowest BCUT2D eigenvalue weighted by molar-refractivity contribution is 0.0433. The molecule has 0 aromatic heterocycles. The van der Waals surface area contributed by atoms with Gasteiger partial charge in [0.05, 0.1) is 31.8 Å². The summed E-state index contributed by atoms with van der Waals surface area (Å²) in [5.41, 5.74) is 0.187. The Morgan fingerprint density at radius 2 is 1.83 bits per heavy atom. The Bertz CT molecular complexity index is 501. The van der Waals surface area contributed by atoms with Crippen molar-refractivity contribution in [3.8, 4) is 0 Å². The Morgan fingerprint density at radius 3 is 2.39 bits per heavy atom. The molecule has 2 rings (SSSR count). The first-order valence-corrected chi connectivity index (χ1v) is 6.95. The van der Waals surface area contributed by atoms with Gasteiger partial charge in [-0.1, -0.05) is 46.4 Å². The second kappa shape index (κ2) is 5.56. The summed E-state index contributed by atoms with van der Waals surface area (Å²) in [6.07, 6.45) is 1.06. The molecule has 2 atom stereocenters. The minimum absolute atomic E-state index is 0.0688. The molecule has 0 saturated carbocycles. The molecule has 1 aliphatic heterocycles. The van der Waals surface area contributed by atoms with E-state index >= 15 is 0 Å². The number of rotatable bonds is 2. The maximum absolute atomic E-state index is 12.3. The number of Topliss-reactive ketones (excluding diaryl/α,β-unsaturated/α-hetero) is 1. The Kier molecular flexibility index (Phi) is 4.45. The van der Waals surface area contributed by atoms with Crippen LogP contribution in [0.1, 0.15) is 30.1 Å². The molecule has 1 heterocycles. The van der Waals surface area contributed by atoms with Crippen LogP contribution < -0.4 is 0 Å². The van der Waals surface area contributed by atoms with Crippen molar-refractivity contribution in [3.63, 3.8) is 0 Å². The summed E-state index contributed by atoms with van der Waals surface area (Å²) in [5.74, 6) is -0.243. The highest BCUT2D eigenvalue weighted by Crippen LogP contribution is 2.39. The fraction of sp³-hybridized carbons (Fsp3) is 0.417. The van der Waals surface area contributed by atoms with E-state index in [0.29, 0.717) is 6.42 Å². The number of benzene rings is 1. The molecule has 0 radical (unpaired) electrons. The Balaban J connectivity index is 2.39. The van der Waals surface area contributed by atoms with E-state index in [4.69, 9.17) is 51.1 Å². The number of carbonyl (C=O) groups excluding carboxylic acids is 1. The average Bonchev–Trinajstić information content (AvgIpc) is 2.73. The third-order valence-electron chi connectivity index (χ3n) is 2.88. The summed E-state index contributed by atoms with van der Waals surface area (Å²) in [6, 6.07) is 1.42. The predicted octanol–water partition coefficient (Wildman–Crippen LogP) is 5.05. The zero-order valence-corrected chi connectivity index (χ0v) is 12.5. The van der Waals surface area contributed by atoms with Crippen LogP contribution >= 0.6 is 46.4 Å². The van der Waals surface area contributed by atoms with Crippen molar-refractivity contribution < 1.29 is 9.53 Å². The number of hydrogen-bond acceptors (Lipinski definition) is 2. The van der Waals surface area contributed by atoms with Gasteiger partial charge in [0.2, 0.25) is 0 Å². The summed E-state index contributed by atoms with van der Waals surface area (Å²) in [4.78, 5) is 12.3. The van der Waals surface area contributed by atoms with Crippen LogP contribution in [0.2, 0.25) is 20.1 Å². The molecule has 1 aliphatic rings. The first kappa shape index (κ1) is 14.4. The molecule has 98 valence electrons. The summed E-state index contributed by atoms with van der Waals surface area (Å²) in [7, 11) is 0. The molecule has 0 bridgehead atoms. The lowest BCUT2D eigenvalue weighted by Crippen LogP contribution is -2.21. The van der Waals surface area contributed by atoms with Crippen molar-refractivity contribution >= 4 is 52.2 Å². The normalized spacial score (nSPS) is 23.4. The number of ether oxygens (including phenoxy) is 1. The first-order valence-electron chi connectivity index (χ1n) is 5.44. The van der Waals surface area contributed by atoms with E-state index < -0.39 is 6.10 Å². The zero-order valence-electron chi connectivity index (χ0n) is 9.47. The van der Waals surface area contributed by atoms with Gasteiger partial charge in [0, 0.05) is 0 Å². The van der Waals surface area contributed by atoms with Crippen molar-refractivity contribution in [2.75, 3.05) is 0 Å². The van der Waals surface area contributed by atoms with Gasteiger partial charge >= 0.3 is 0 Å². The summed E-state index contributed by atoms with van der Waals surface area (Å²) >= 11 is 23.8. The third kappa shape index (κ3) is 2.63. The SMILES string of the molecule is CC1CCC(C(=O)c2c(Cl)cc(Cl)c(Cl)c2Cl)O1. The van der Waals surface area contributed by atoms with E-state index in [1.807, 2.05) is 6.92 Å². The van der Waals surface area contributed by atoms with Gasteiger partial charge in [-0.05, 0) is 25.8 Å². The average molecular weight is 328 g/mol. The number of hydrogen-bond donors (Lipinski definition) is 0. The van der Waals surface area contributed by atoms with E-state index in [1.165, 1.54) is 6.07 Å². The Hall–Kier alpha value is 0.01000. The van der Waals surface area contributed by atoms with Gasteiger partial charge in [0.15, 0.2) is 5.78 Å². The molecular weight excluding hydrogens is 318 g/mol. The molecule has 1 aromatic carbocycles. The molecule has 2 unspecified atom stereocenters. The van der Waals surface area contributed by atoms with Crippen molar-refractivity contribution in [2.24, 2.45) is 0 Å². The topological polar surface area (TPSA) is 26.3 Å². The van der Waals surface area contributed by atoms with Crippen LogP contribution in [0.15, 0.2) is 6.07 Å². The minimum Gasteiger partial charge on any atom is -0.367 e. The molecule has 1 fully saturated rings. The van der Waals surface area contributed by atoms with Crippen LogP contribution in [0.4, 0.5) is 0 Å². The second-order valence-corrected chi connectivity index (χ2v) is 5.79. The molecule has 2 nitrogen and oxygen atoms in total. The van der Waals surface area contributed by atoms with Crippen molar-refractivity contribution in [1.29, 1.82) is 0 Å². The third-order valence-corrected chi connectivity index (χ3v) is 4.45. The van der Waals surface area contributed by atoms with Crippen molar-refractivity contribution in [3.05, 3.63) is 31.7 Å². The van der Waals surface area contributed by atoms with Gasteiger partial charge in [-0.15, -0.1) is 0 Å². The number of halogens is 4. The predicted molar refractivity (Wildman–Crippen MR) is 74.4 cm³/mol. The van der Waals surface area contributed by atoms with Gasteiger partial charge in [-0.3, -0.25) is 4.79 Å². The highest BCUT2D eigenvalue weighted by atomic mass is 35.5. The van der Waals surface area contributed by atoms with Gasteiger partial charge in [-0.2, -0.15) is 0 Å². The molecular formula is C12H10Cl4O2. The van der Waals surface area contributed by atoms with E-state index in [-0.39, 0.29) is 37.5 Å². The van der Waals surface area contributed by atoms with Gasteiger partial charge in [0.1, 0.15) is 6.10 Å². The summed E-state index contributed by atoms with van der Waals surface area (Å²) < 4.78 is 5.51. The van der Waals surface area contributed by atoms with E-state index in [9.17, 15) is 4.79 Å². The van der Waals surface area contributed by atoms with Crippen LogP contribution in [0, 0.1) is 0 Å². The summed E-state index contributed by atoms with van der Waals surface area (Å²) in [5, 5.41) is 0.644. The van der Waals surface area contributed by atoms with E-state index in [2.05, 4.69) is 0 Å². The zero-order chi connectivity index (χ0) is 13.4. The van der Waals surface area contributed by atoms with Crippen LogP contribution in [-0.4, -0.2) is 18.0 Å². The van der Waals surface area contributed by atoms with Crippen LogP contribution in [0.25, 0.3) is 0 Å². The van der Waals surface area contributed by atoms with Crippen molar-refractivity contribution in [1.82, 2.24) is 0 Å². The van der Waals surface area contributed by atoms with Gasteiger partial charge < -0.3 is 4.74 Å². The monoisotopic (exact) mass is 326 g/mol. The Morgan fingerprint density at radius 1 is 1.17 bits per heavy atom. The maximum Gasteiger partial charge on any atom is 0.194 e. The smallest absolute Gasteiger partial charge is 0.194 e. The van der Waals surface area contributed by atoms with Gasteiger partial charge in [-0.25, -0.2) is 0 Å². The molecule has 1 saturated heterocycles. The standard InChI is InChI=1S/C12H10Cl4O2/c1-5-2-3-8(18-5)12(17)9-6(13)4-7(14)10(15)11(9)16/h4-5,8H,2-3H2,1H3. The summed E-state index contributed by atoms with van der Waals surface area (Å²) in [6.45, 7) is 1.92. The molecule has 0 N–H and O–H groups in total. The lowest BCUT2D eigenvalue weighted by atomic mass is 10.0. The maximum atomic E-state index is 12.3. The second-order valence-electron chi connectivity index (χ2n) is 4.22. The molecule has 18 heavy (non-hydrogen) atoms. The number of ketones is 1. The van der Waals surface area contributed by atoms with Gasteiger partial charge in [0.25, 0.3) is 0 Å². The van der Waals surface area contributed by atoms with E-state index in [1.54, 1.807) is 0 Å². The molecule has 0 aliphatic carbocycles. The largest absolute Gasteiger partial charge is 0.367 e. The molecule has 0 amide bonds. The number of carbonyl (C=O) groups is 1. The van der Waals surface area contributed by atoms with Crippen molar-refractivity contribution in [2.45, 2.75) is 32.0 Å². The molecule has 1 aromatic rings. The lowest BCUT2D eigenvalue weighted by Gasteiger charge is -2.13. The first-order chi connectivity index (χ1) is 8.41. The van der Waals surface area contributed by atoms with Crippen LogP contribution in [0.3, 0.4) is 0 Å². The van der Waals surface area contributed by atoms with Crippen LogP contribution in [0.5, 0.6) is 0 Å². The Labute approximate surface area is 125 Å². The fourth-order valence-corrected chi connectivity index (χ4v) is 3.05. The molecule has 6 heteroatoms. The highest BCUT2D eigenvalue weighted by molar-refractivity contribution is 6.51.